The minimum atomic E-state index is -0.389. The summed E-state index contributed by atoms with van der Waals surface area (Å²) in [5.41, 5.74) is 1.51. The van der Waals surface area contributed by atoms with E-state index in [1.807, 2.05) is 0 Å². The molecule has 2 aromatic carbocycles. The van der Waals surface area contributed by atoms with Gasteiger partial charge in [-0.15, -0.1) is 0 Å². The Balaban J connectivity index is 1.82. The smallest absolute Gasteiger partial charge is 0.259 e. The average Bonchev–Trinajstić information content (AvgIpc) is 2.88. The van der Waals surface area contributed by atoms with Gasteiger partial charge < -0.3 is 24.8 Å². The van der Waals surface area contributed by atoms with E-state index in [0.29, 0.717) is 39.7 Å². The molecule has 0 saturated carbocycles. The van der Waals surface area contributed by atoms with E-state index in [-0.39, 0.29) is 38.6 Å². The van der Waals surface area contributed by atoms with Gasteiger partial charge in [-0.2, -0.15) is 4.98 Å². The summed E-state index contributed by atoms with van der Waals surface area (Å²) in [5, 5.41) is 6.74. The van der Waals surface area contributed by atoms with Crippen LogP contribution in [0.1, 0.15) is 6.92 Å². The molecule has 192 valence electrons. The Morgan fingerprint density at radius 1 is 0.973 bits per heavy atom. The molecule has 0 aliphatic rings. The zero-order chi connectivity index (χ0) is 26.9. The highest BCUT2D eigenvalue weighted by atomic mass is 35.5. The molecule has 0 aliphatic carbocycles. The predicted molar refractivity (Wildman–Crippen MR) is 144 cm³/mol. The van der Waals surface area contributed by atoms with Gasteiger partial charge in [0.15, 0.2) is 0 Å². The second-order valence-electron chi connectivity index (χ2n) is 7.90. The van der Waals surface area contributed by atoms with E-state index in [2.05, 4.69) is 20.6 Å². The van der Waals surface area contributed by atoms with Crippen LogP contribution >= 0.6 is 23.2 Å². The van der Waals surface area contributed by atoms with Crippen LogP contribution < -0.4 is 30.4 Å². The van der Waals surface area contributed by atoms with Crippen molar-refractivity contribution in [3.8, 4) is 28.4 Å². The summed E-state index contributed by atoms with van der Waals surface area (Å²) in [6.45, 7) is 1.40. The SMILES string of the molecule is COc1ccc(Nc2ncc3cc(-c4c(Cl)c(OC)cc(OC)c4Cl)c(=O)n(C)c3n2)c(NC(C)=O)c1. The Bertz CT molecular complexity index is 1560. The van der Waals surface area contributed by atoms with Crippen molar-refractivity contribution in [2.45, 2.75) is 6.92 Å². The number of ether oxygens (including phenoxy) is 3. The highest BCUT2D eigenvalue weighted by molar-refractivity contribution is 6.41. The van der Waals surface area contributed by atoms with Gasteiger partial charge in [0.2, 0.25) is 11.9 Å². The van der Waals surface area contributed by atoms with Crippen molar-refractivity contribution >= 4 is 57.5 Å². The van der Waals surface area contributed by atoms with Crippen LogP contribution in [0.4, 0.5) is 17.3 Å². The number of methoxy groups -OCH3 is 3. The quantitative estimate of drug-likeness (QED) is 0.333. The Kier molecular flexibility index (Phi) is 7.42. The van der Waals surface area contributed by atoms with Crippen LogP contribution in [-0.2, 0) is 11.8 Å². The molecule has 0 radical (unpaired) electrons. The van der Waals surface area contributed by atoms with Crippen LogP contribution in [0.25, 0.3) is 22.2 Å². The van der Waals surface area contributed by atoms with Gasteiger partial charge in [0.05, 0.1) is 48.3 Å². The molecule has 4 aromatic rings. The number of carbonyl (C=O) groups excluding carboxylic acids is 1. The Hall–Kier alpha value is -4.02. The number of anilines is 3. The van der Waals surface area contributed by atoms with Gasteiger partial charge in [0, 0.05) is 43.3 Å². The lowest BCUT2D eigenvalue weighted by Gasteiger charge is -2.16. The fourth-order valence-corrected chi connectivity index (χ4v) is 4.49. The summed E-state index contributed by atoms with van der Waals surface area (Å²) in [7, 11) is 6.03. The van der Waals surface area contributed by atoms with E-state index < -0.39 is 0 Å². The van der Waals surface area contributed by atoms with Crippen molar-refractivity contribution in [3.63, 3.8) is 0 Å². The number of halogens is 2. The lowest BCUT2D eigenvalue weighted by Crippen LogP contribution is -2.20. The van der Waals surface area contributed by atoms with Crippen LogP contribution in [0.2, 0.25) is 10.0 Å². The molecule has 1 amide bonds. The third kappa shape index (κ3) is 4.98. The van der Waals surface area contributed by atoms with Gasteiger partial charge in [-0.05, 0) is 18.2 Å². The third-order valence-corrected chi connectivity index (χ3v) is 6.33. The molecule has 0 aliphatic heterocycles. The summed E-state index contributed by atoms with van der Waals surface area (Å²) in [5.74, 6) is 1.15. The largest absolute Gasteiger partial charge is 0.497 e. The van der Waals surface area contributed by atoms with Gasteiger partial charge in [0.25, 0.3) is 5.56 Å². The number of hydrogen-bond donors (Lipinski definition) is 2. The summed E-state index contributed by atoms with van der Waals surface area (Å²) in [6, 6.07) is 8.29. The standard InChI is InChI=1S/C25H23Cl2N5O5/c1-12(33)29-17-9-14(35-3)6-7-16(17)30-25-28-11-13-8-15(24(34)32(2)23(13)31-25)20-21(26)18(36-4)10-19(37-5)22(20)27/h6-11H,1-5H3,(H,29,33)(H,28,30,31). The lowest BCUT2D eigenvalue weighted by molar-refractivity contribution is -0.114. The van der Waals surface area contributed by atoms with Gasteiger partial charge >= 0.3 is 0 Å². The third-order valence-electron chi connectivity index (χ3n) is 5.58. The molecule has 2 aromatic heterocycles. The minimum Gasteiger partial charge on any atom is -0.497 e. The number of aromatic nitrogens is 3. The zero-order valence-corrected chi connectivity index (χ0v) is 22.1. The lowest BCUT2D eigenvalue weighted by atomic mass is 10.0. The monoisotopic (exact) mass is 543 g/mol. The van der Waals surface area contributed by atoms with Gasteiger partial charge in [-0.3, -0.25) is 14.2 Å². The molecule has 12 heteroatoms. The maximum Gasteiger partial charge on any atom is 0.259 e. The molecule has 0 bridgehead atoms. The number of pyridine rings is 1. The van der Waals surface area contributed by atoms with Crippen molar-refractivity contribution in [1.29, 1.82) is 0 Å². The number of hydrogen-bond acceptors (Lipinski definition) is 8. The molecule has 0 saturated heterocycles. The Morgan fingerprint density at radius 3 is 2.24 bits per heavy atom. The van der Waals surface area contributed by atoms with Gasteiger partial charge in [-0.25, -0.2) is 4.98 Å². The van der Waals surface area contributed by atoms with Crippen LogP contribution in [0.3, 0.4) is 0 Å². The molecular weight excluding hydrogens is 521 g/mol. The average molecular weight is 544 g/mol. The number of aryl methyl sites for hydroxylation is 1. The number of nitrogens with zero attached hydrogens (tertiary/aromatic N) is 3. The Morgan fingerprint density at radius 2 is 1.65 bits per heavy atom. The maximum atomic E-state index is 13.4. The van der Waals surface area contributed by atoms with E-state index in [0.717, 1.165) is 0 Å². The topological polar surface area (TPSA) is 117 Å². The number of rotatable bonds is 7. The minimum absolute atomic E-state index is 0.175. The molecule has 4 rings (SSSR count). The van der Waals surface area contributed by atoms with Gasteiger partial charge in [0.1, 0.15) is 22.9 Å². The molecule has 0 atom stereocenters. The molecule has 2 heterocycles. The van der Waals surface area contributed by atoms with Crippen molar-refractivity contribution in [2.75, 3.05) is 32.0 Å². The molecule has 0 fully saturated rings. The van der Waals surface area contributed by atoms with Crippen LogP contribution in [-0.4, -0.2) is 41.8 Å². The number of carbonyl (C=O) groups is 1. The summed E-state index contributed by atoms with van der Waals surface area (Å²) in [4.78, 5) is 34.0. The predicted octanol–water partition coefficient (Wildman–Crippen LogP) is 5.03. The number of amides is 1. The van der Waals surface area contributed by atoms with Crippen LogP contribution in [0.5, 0.6) is 17.2 Å². The molecule has 0 spiro atoms. The summed E-state index contributed by atoms with van der Waals surface area (Å²) >= 11 is 13.1. The normalized spacial score (nSPS) is 10.8. The van der Waals surface area contributed by atoms with E-state index >= 15 is 0 Å². The zero-order valence-electron chi connectivity index (χ0n) is 20.6. The highest BCUT2D eigenvalue weighted by Gasteiger charge is 2.22. The first-order valence-electron chi connectivity index (χ1n) is 10.9. The fourth-order valence-electron chi connectivity index (χ4n) is 3.78. The first-order chi connectivity index (χ1) is 17.7. The number of benzene rings is 2. The van der Waals surface area contributed by atoms with Gasteiger partial charge in [-0.1, -0.05) is 23.2 Å². The van der Waals surface area contributed by atoms with Crippen molar-refractivity contribution in [1.82, 2.24) is 14.5 Å². The maximum absolute atomic E-state index is 13.4. The summed E-state index contributed by atoms with van der Waals surface area (Å²) in [6.07, 6.45) is 1.56. The van der Waals surface area contributed by atoms with Crippen molar-refractivity contribution in [2.24, 2.45) is 7.05 Å². The van der Waals surface area contributed by atoms with E-state index in [9.17, 15) is 9.59 Å². The first kappa shape index (κ1) is 26.1. The first-order valence-corrected chi connectivity index (χ1v) is 11.6. The van der Waals surface area contributed by atoms with E-state index in [1.54, 1.807) is 43.6 Å². The number of fused-ring (bicyclic) bond motifs is 1. The van der Waals surface area contributed by atoms with Crippen molar-refractivity contribution < 1.29 is 19.0 Å². The highest BCUT2D eigenvalue weighted by Crippen LogP contribution is 2.45. The second-order valence-corrected chi connectivity index (χ2v) is 8.65. The van der Waals surface area contributed by atoms with Crippen LogP contribution in [0.15, 0.2) is 41.3 Å². The van der Waals surface area contributed by atoms with Crippen LogP contribution in [0, 0.1) is 0 Å². The Labute approximate surface area is 222 Å². The van der Waals surface area contributed by atoms with E-state index in [4.69, 9.17) is 37.4 Å². The fraction of sp³-hybridized carbons (Fsp3) is 0.200. The number of nitrogens with one attached hydrogen (secondary N) is 2. The van der Waals surface area contributed by atoms with E-state index in [1.165, 1.54) is 32.8 Å². The molecule has 0 unspecified atom stereocenters. The second kappa shape index (κ2) is 10.5. The molecule has 37 heavy (non-hydrogen) atoms. The molecule has 10 nitrogen and oxygen atoms in total. The summed E-state index contributed by atoms with van der Waals surface area (Å²) < 4.78 is 17.3. The molecular formula is C25H23Cl2N5O5. The van der Waals surface area contributed by atoms with Crippen molar-refractivity contribution in [3.05, 3.63) is 56.9 Å². The molecule has 2 N–H and O–H groups in total.